The second-order valence-electron chi connectivity index (χ2n) is 4.37. The minimum atomic E-state index is -0.902. The third kappa shape index (κ3) is 3.69. The lowest BCUT2D eigenvalue weighted by Gasteiger charge is -2.13. The predicted octanol–water partition coefficient (Wildman–Crippen LogP) is 1.62. The number of carboxylic acid groups (broad SMARTS) is 1. The molecule has 0 fully saturated rings. The normalized spacial score (nSPS) is 10.6. The van der Waals surface area contributed by atoms with E-state index < -0.39 is 5.97 Å². The summed E-state index contributed by atoms with van der Waals surface area (Å²) in [5.74, 6) is 0.476. The second-order valence-corrected chi connectivity index (χ2v) is 4.37. The van der Waals surface area contributed by atoms with Gasteiger partial charge in [0.2, 0.25) is 5.88 Å². The molecule has 0 aliphatic carbocycles. The van der Waals surface area contributed by atoms with E-state index in [0.717, 1.165) is 12.1 Å². The highest BCUT2D eigenvalue weighted by molar-refractivity contribution is 5.71. The highest BCUT2D eigenvalue weighted by Crippen LogP contribution is 2.22. The molecule has 0 amide bonds. The molecule has 0 aliphatic heterocycles. The zero-order valence-corrected chi connectivity index (χ0v) is 10.6. The number of aryl methyl sites for hydroxylation is 1. The van der Waals surface area contributed by atoms with Crippen molar-refractivity contribution in [2.75, 3.05) is 7.11 Å². The summed E-state index contributed by atoms with van der Waals surface area (Å²) in [7, 11) is 1.49. The molecule has 0 unspecified atom stereocenters. The van der Waals surface area contributed by atoms with Gasteiger partial charge in [0.25, 0.3) is 0 Å². The molecule has 0 saturated carbocycles. The third-order valence-corrected chi connectivity index (χ3v) is 2.29. The molecule has 1 aromatic rings. The molecule has 5 nitrogen and oxygen atoms in total. The first-order valence-corrected chi connectivity index (χ1v) is 5.56. The average Bonchev–Trinajstić information content (AvgIpc) is 2.20. The van der Waals surface area contributed by atoms with Crippen LogP contribution in [0.25, 0.3) is 0 Å². The van der Waals surface area contributed by atoms with Crippen LogP contribution < -0.4 is 4.74 Å². The van der Waals surface area contributed by atoms with E-state index in [1.807, 2.05) is 0 Å². The van der Waals surface area contributed by atoms with E-state index in [0.29, 0.717) is 23.2 Å². The van der Waals surface area contributed by atoms with E-state index in [9.17, 15) is 4.79 Å². The van der Waals surface area contributed by atoms with Crippen LogP contribution in [-0.2, 0) is 17.6 Å². The molecule has 0 radical (unpaired) electrons. The number of aromatic nitrogens is 2. The summed E-state index contributed by atoms with van der Waals surface area (Å²) >= 11 is 0. The minimum Gasteiger partial charge on any atom is -0.481 e. The van der Waals surface area contributed by atoms with Gasteiger partial charge in [0.1, 0.15) is 5.82 Å². The number of aliphatic carboxylic acids is 1. The first kappa shape index (κ1) is 13.4. The molecule has 17 heavy (non-hydrogen) atoms. The second kappa shape index (κ2) is 5.61. The number of carboxylic acids is 1. The van der Waals surface area contributed by atoms with Crippen LogP contribution in [0.3, 0.4) is 0 Å². The van der Waals surface area contributed by atoms with E-state index >= 15 is 0 Å². The molecule has 1 aromatic heterocycles. The maximum atomic E-state index is 10.8. The van der Waals surface area contributed by atoms with Gasteiger partial charge in [0.05, 0.1) is 19.2 Å². The Labute approximate surface area is 101 Å². The summed E-state index contributed by atoms with van der Waals surface area (Å²) in [4.78, 5) is 19.3. The van der Waals surface area contributed by atoms with E-state index in [-0.39, 0.29) is 6.42 Å². The van der Waals surface area contributed by atoms with Gasteiger partial charge in [-0.2, -0.15) is 4.98 Å². The first-order chi connectivity index (χ1) is 7.93. The smallest absolute Gasteiger partial charge is 0.308 e. The molecule has 0 saturated heterocycles. The standard InChI is InChI=1S/C12H18N2O3/c1-7(2)5-10-9(6-11(15)16)12(17-4)14-8(3)13-10/h7H,5-6H2,1-4H3,(H,15,16). The van der Waals surface area contributed by atoms with Crippen LogP contribution in [0.15, 0.2) is 0 Å². The molecule has 1 rings (SSSR count). The Morgan fingerprint density at radius 2 is 2.06 bits per heavy atom. The zero-order chi connectivity index (χ0) is 13.0. The molecule has 1 N–H and O–H groups in total. The van der Waals surface area contributed by atoms with Crippen LogP contribution in [-0.4, -0.2) is 28.2 Å². The van der Waals surface area contributed by atoms with Crippen molar-refractivity contribution < 1.29 is 14.6 Å². The summed E-state index contributed by atoms with van der Waals surface area (Å²) in [6, 6.07) is 0. The van der Waals surface area contributed by atoms with Gasteiger partial charge in [-0.25, -0.2) is 4.98 Å². The number of nitrogens with zero attached hydrogens (tertiary/aromatic N) is 2. The van der Waals surface area contributed by atoms with Crippen molar-refractivity contribution in [2.24, 2.45) is 5.92 Å². The molecule has 0 atom stereocenters. The Morgan fingerprint density at radius 3 is 2.53 bits per heavy atom. The summed E-state index contributed by atoms with van der Waals surface area (Å²) in [6.07, 6.45) is 0.619. The Hall–Kier alpha value is -1.65. The van der Waals surface area contributed by atoms with E-state index in [2.05, 4.69) is 23.8 Å². The van der Waals surface area contributed by atoms with E-state index in [4.69, 9.17) is 9.84 Å². The lowest BCUT2D eigenvalue weighted by atomic mass is 10.0. The molecule has 0 spiro atoms. The van der Waals surface area contributed by atoms with E-state index in [1.54, 1.807) is 6.92 Å². The summed E-state index contributed by atoms with van der Waals surface area (Å²) in [5.41, 5.74) is 1.35. The quantitative estimate of drug-likeness (QED) is 0.843. The van der Waals surface area contributed by atoms with E-state index in [1.165, 1.54) is 7.11 Å². The van der Waals surface area contributed by atoms with Gasteiger partial charge in [0, 0.05) is 5.56 Å². The van der Waals surface area contributed by atoms with Crippen molar-refractivity contribution in [1.29, 1.82) is 0 Å². The van der Waals surface area contributed by atoms with Crippen LogP contribution in [0.4, 0.5) is 0 Å². The summed E-state index contributed by atoms with van der Waals surface area (Å²) in [6.45, 7) is 5.90. The number of hydrogen-bond acceptors (Lipinski definition) is 4. The molecular weight excluding hydrogens is 220 g/mol. The van der Waals surface area contributed by atoms with Gasteiger partial charge in [0.15, 0.2) is 0 Å². The fourth-order valence-corrected chi connectivity index (χ4v) is 1.68. The van der Waals surface area contributed by atoms with Crippen LogP contribution in [0.5, 0.6) is 5.88 Å². The van der Waals surface area contributed by atoms with Gasteiger partial charge in [-0.3, -0.25) is 4.79 Å². The number of ether oxygens (including phenoxy) is 1. The molecule has 0 aliphatic rings. The molecule has 1 heterocycles. The Balaban J connectivity index is 3.22. The van der Waals surface area contributed by atoms with Gasteiger partial charge in [-0.15, -0.1) is 0 Å². The molecule has 94 valence electrons. The highest BCUT2D eigenvalue weighted by Gasteiger charge is 2.17. The molecular formula is C12H18N2O3. The maximum Gasteiger partial charge on any atom is 0.308 e. The Kier molecular flexibility index (Phi) is 4.43. The Morgan fingerprint density at radius 1 is 1.41 bits per heavy atom. The van der Waals surface area contributed by atoms with Crippen LogP contribution in [0.2, 0.25) is 0 Å². The summed E-state index contributed by atoms with van der Waals surface area (Å²) in [5, 5.41) is 8.90. The maximum absolute atomic E-state index is 10.8. The van der Waals surface area contributed by atoms with Crippen molar-refractivity contribution in [1.82, 2.24) is 9.97 Å². The Bertz CT molecular complexity index is 416. The highest BCUT2D eigenvalue weighted by atomic mass is 16.5. The molecule has 5 heteroatoms. The van der Waals surface area contributed by atoms with Crippen LogP contribution in [0, 0.1) is 12.8 Å². The zero-order valence-electron chi connectivity index (χ0n) is 10.6. The third-order valence-electron chi connectivity index (χ3n) is 2.29. The van der Waals surface area contributed by atoms with Crippen molar-refractivity contribution in [3.8, 4) is 5.88 Å². The number of carbonyl (C=O) groups is 1. The van der Waals surface area contributed by atoms with Gasteiger partial charge in [-0.1, -0.05) is 13.8 Å². The van der Waals surface area contributed by atoms with Gasteiger partial charge in [-0.05, 0) is 19.3 Å². The largest absolute Gasteiger partial charge is 0.481 e. The fourth-order valence-electron chi connectivity index (χ4n) is 1.68. The molecule has 0 bridgehead atoms. The van der Waals surface area contributed by atoms with Gasteiger partial charge < -0.3 is 9.84 Å². The van der Waals surface area contributed by atoms with Crippen LogP contribution >= 0.6 is 0 Å². The fraction of sp³-hybridized carbons (Fsp3) is 0.583. The number of rotatable bonds is 5. The molecule has 0 aromatic carbocycles. The lowest BCUT2D eigenvalue weighted by molar-refractivity contribution is -0.136. The van der Waals surface area contributed by atoms with Crippen molar-refractivity contribution in [3.63, 3.8) is 0 Å². The lowest BCUT2D eigenvalue weighted by Crippen LogP contribution is -2.12. The SMILES string of the molecule is COc1nc(C)nc(CC(C)C)c1CC(=O)O. The first-order valence-electron chi connectivity index (χ1n) is 5.56. The number of methoxy groups -OCH3 is 1. The van der Waals surface area contributed by atoms with Crippen LogP contribution in [0.1, 0.15) is 30.9 Å². The van der Waals surface area contributed by atoms with Crippen molar-refractivity contribution >= 4 is 5.97 Å². The average molecular weight is 238 g/mol. The predicted molar refractivity (Wildman–Crippen MR) is 63.2 cm³/mol. The van der Waals surface area contributed by atoms with Gasteiger partial charge >= 0.3 is 5.97 Å². The van der Waals surface area contributed by atoms with Crippen molar-refractivity contribution in [3.05, 3.63) is 17.1 Å². The minimum absolute atomic E-state index is 0.106. The van der Waals surface area contributed by atoms with Crippen molar-refractivity contribution in [2.45, 2.75) is 33.6 Å². The number of hydrogen-bond donors (Lipinski definition) is 1. The monoisotopic (exact) mass is 238 g/mol. The summed E-state index contributed by atoms with van der Waals surface area (Å²) < 4.78 is 5.13. The topological polar surface area (TPSA) is 72.3 Å².